The Kier molecular flexibility index (Phi) is 8.52. The van der Waals surface area contributed by atoms with E-state index >= 15 is 0 Å². The van der Waals surface area contributed by atoms with Gasteiger partial charge in [0.25, 0.3) is 0 Å². The largest absolute Gasteiger partial charge is 0.480 e. The van der Waals surface area contributed by atoms with Crippen LogP contribution in [0.3, 0.4) is 0 Å². The molecule has 6 N–H and O–H groups in total. The van der Waals surface area contributed by atoms with Crippen molar-refractivity contribution in [2.24, 2.45) is 5.73 Å². The van der Waals surface area contributed by atoms with Gasteiger partial charge in [0.15, 0.2) is 8.03 Å². The summed E-state index contributed by atoms with van der Waals surface area (Å²) in [5.74, 6) is -1.07. The van der Waals surface area contributed by atoms with Gasteiger partial charge in [-0.3, -0.25) is 9.36 Å². The van der Waals surface area contributed by atoms with E-state index in [1.165, 1.54) is 6.66 Å². The predicted octanol–water partition coefficient (Wildman–Crippen LogP) is 0.0715. The van der Waals surface area contributed by atoms with Crippen molar-refractivity contribution in [3.63, 3.8) is 0 Å². The van der Waals surface area contributed by atoms with Gasteiger partial charge >= 0.3 is 5.97 Å². The molecule has 0 aromatic rings. The Morgan fingerprint density at radius 3 is 2.58 bits per heavy atom. The fourth-order valence-electron chi connectivity index (χ4n) is 0.453. The Bertz CT molecular complexity index is 164. The lowest BCUT2D eigenvalue weighted by Gasteiger charge is -2.04. The third-order valence-corrected chi connectivity index (χ3v) is 1.66. The fraction of sp³-hybridized carbons (Fsp3) is 0.800. The quantitative estimate of drug-likeness (QED) is 0.537. The van der Waals surface area contributed by atoms with Crippen LogP contribution in [0.1, 0.15) is 6.42 Å². The molecule has 0 aliphatic heterocycles. The number of rotatable bonds is 5. The molecule has 0 saturated carbocycles. The van der Waals surface area contributed by atoms with Crippen LogP contribution >= 0.6 is 8.03 Å². The smallest absolute Gasteiger partial charge is 0.320 e. The molecule has 12 heavy (non-hydrogen) atoms. The van der Waals surface area contributed by atoms with Crippen molar-refractivity contribution >= 4 is 14.0 Å². The van der Waals surface area contributed by atoms with Crippen molar-refractivity contribution in [3.05, 3.63) is 0 Å². The molecule has 0 rings (SSSR count). The van der Waals surface area contributed by atoms with Crippen LogP contribution in [-0.2, 0) is 13.9 Å². The summed E-state index contributed by atoms with van der Waals surface area (Å²) in [6, 6.07) is -0.920. The van der Waals surface area contributed by atoms with Crippen LogP contribution < -0.4 is 11.9 Å². The van der Waals surface area contributed by atoms with Crippen LogP contribution in [0.15, 0.2) is 0 Å². The van der Waals surface area contributed by atoms with Gasteiger partial charge in [-0.15, -0.1) is 0 Å². The Hall–Kier alpha value is -0.420. The first-order chi connectivity index (χ1) is 5.04. The van der Waals surface area contributed by atoms with Gasteiger partial charge in [-0.1, -0.05) is 0 Å². The Labute approximate surface area is 71.5 Å². The van der Waals surface area contributed by atoms with E-state index in [-0.39, 0.29) is 19.2 Å². The summed E-state index contributed by atoms with van der Waals surface area (Å²) < 4.78 is 15.0. The molecule has 6 nitrogen and oxygen atoms in total. The van der Waals surface area contributed by atoms with Gasteiger partial charge in [-0.25, -0.2) is 0 Å². The second-order valence-corrected chi connectivity index (χ2v) is 3.35. The van der Waals surface area contributed by atoms with Gasteiger partial charge in [0.2, 0.25) is 0 Å². The van der Waals surface area contributed by atoms with Gasteiger partial charge in [-0.2, -0.15) is 0 Å². The van der Waals surface area contributed by atoms with Crippen LogP contribution in [-0.4, -0.2) is 30.4 Å². The standard InChI is InChI=1S/C5H12NO4P.H3N/c1-11(9)10-3-2-4(6)5(7)8;/h4,11H,2-3,6H2,1H3,(H,7,8);1H3/t4-;/m0./s1. The number of hydrogen-bond acceptors (Lipinski definition) is 5. The molecule has 0 radical (unpaired) electrons. The van der Waals surface area contributed by atoms with E-state index < -0.39 is 20.0 Å². The topological polar surface area (TPSA) is 125 Å². The molecule has 0 amide bonds. The minimum Gasteiger partial charge on any atom is -0.480 e. The first-order valence-electron chi connectivity index (χ1n) is 3.15. The first-order valence-corrected chi connectivity index (χ1v) is 4.97. The van der Waals surface area contributed by atoms with E-state index in [1.807, 2.05) is 0 Å². The summed E-state index contributed by atoms with van der Waals surface area (Å²) in [4.78, 5) is 10.1. The highest BCUT2D eigenvalue weighted by Gasteiger charge is 2.10. The molecule has 0 aromatic carbocycles. The third kappa shape index (κ3) is 7.68. The number of aliphatic carboxylic acids is 1. The van der Waals surface area contributed by atoms with Crippen LogP contribution in [0, 0.1) is 0 Å². The number of carboxylic acid groups (broad SMARTS) is 1. The van der Waals surface area contributed by atoms with Gasteiger partial charge in [0.05, 0.1) is 6.61 Å². The molecular formula is C5H15N2O4P. The Balaban J connectivity index is 0. The summed E-state index contributed by atoms with van der Waals surface area (Å²) in [7, 11) is -1.95. The molecule has 0 spiro atoms. The minimum absolute atomic E-state index is 0. The van der Waals surface area contributed by atoms with Crippen LogP contribution in [0.4, 0.5) is 0 Å². The van der Waals surface area contributed by atoms with Crippen molar-refractivity contribution in [2.75, 3.05) is 13.3 Å². The summed E-state index contributed by atoms with van der Waals surface area (Å²) in [6.07, 6.45) is 0.194. The number of carbonyl (C=O) groups is 1. The monoisotopic (exact) mass is 198 g/mol. The molecule has 0 aliphatic carbocycles. The molecule has 0 fully saturated rings. The molecule has 0 aliphatic rings. The number of nitrogens with two attached hydrogens (primary N) is 1. The lowest BCUT2D eigenvalue weighted by molar-refractivity contribution is -0.138. The highest BCUT2D eigenvalue weighted by Crippen LogP contribution is 2.15. The van der Waals surface area contributed by atoms with E-state index in [1.54, 1.807) is 0 Å². The summed E-state index contributed by atoms with van der Waals surface area (Å²) in [5.41, 5.74) is 5.13. The van der Waals surface area contributed by atoms with Crippen molar-refractivity contribution in [3.8, 4) is 0 Å². The lowest BCUT2D eigenvalue weighted by atomic mass is 10.2. The fourth-order valence-corrected chi connectivity index (χ4v) is 0.858. The van der Waals surface area contributed by atoms with Crippen LogP contribution in [0.5, 0.6) is 0 Å². The van der Waals surface area contributed by atoms with Gasteiger partial charge in [-0.05, 0) is 6.42 Å². The van der Waals surface area contributed by atoms with Crippen LogP contribution in [0.2, 0.25) is 0 Å². The minimum atomic E-state index is -1.95. The zero-order valence-corrected chi connectivity index (χ0v) is 7.95. The molecule has 0 saturated heterocycles. The number of carboxylic acids is 1. The summed E-state index contributed by atoms with van der Waals surface area (Å²) in [6.45, 7) is 1.58. The van der Waals surface area contributed by atoms with Gasteiger partial charge in [0, 0.05) is 6.66 Å². The highest BCUT2D eigenvalue weighted by molar-refractivity contribution is 7.38. The third-order valence-electron chi connectivity index (χ3n) is 1.05. The lowest BCUT2D eigenvalue weighted by Crippen LogP contribution is -2.30. The normalized spacial score (nSPS) is 14.5. The highest BCUT2D eigenvalue weighted by atomic mass is 31.1. The molecule has 0 aromatic heterocycles. The summed E-state index contributed by atoms with van der Waals surface area (Å²) >= 11 is 0. The maximum absolute atomic E-state index is 10.4. The Morgan fingerprint density at radius 2 is 2.25 bits per heavy atom. The van der Waals surface area contributed by atoms with E-state index in [0.717, 1.165) is 0 Å². The van der Waals surface area contributed by atoms with E-state index in [4.69, 9.17) is 10.8 Å². The summed E-state index contributed by atoms with van der Waals surface area (Å²) in [5, 5.41) is 8.30. The van der Waals surface area contributed by atoms with E-state index in [0.29, 0.717) is 0 Å². The SMILES string of the molecule is C[PH](=O)OCC[C@H](N)C(=O)O.N. The van der Waals surface area contributed by atoms with E-state index in [9.17, 15) is 9.36 Å². The molecule has 0 heterocycles. The van der Waals surface area contributed by atoms with Gasteiger partial charge < -0.3 is 21.5 Å². The molecule has 2 atom stereocenters. The zero-order chi connectivity index (χ0) is 8.85. The zero-order valence-electron chi connectivity index (χ0n) is 6.95. The average molecular weight is 198 g/mol. The van der Waals surface area contributed by atoms with Crippen molar-refractivity contribution in [2.45, 2.75) is 12.5 Å². The maximum atomic E-state index is 10.4. The van der Waals surface area contributed by atoms with E-state index in [2.05, 4.69) is 4.52 Å². The van der Waals surface area contributed by atoms with Crippen molar-refractivity contribution in [1.29, 1.82) is 0 Å². The molecule has 1 unspecified atom stereocenters. The number of hydrogen-bond donors (Lipinski definition) is 3. The second kappa shape index (κ2) is 7.24. The first kappa shape index (κ1) is 14.1. The molecule has 74 valence electrons. The van der Waals surface area contributed by atoms with Crippen molar-refractivity contribution in [1.82, 2.24) is 6.15 Å². The molecular weight excluding hydrogens is 183 g/mol. The molecule has 0 bridgehead atoms. The second-order valence-electron chi connectivity index (χ2n) is 2.07. The van der Waals surface area contributed by atoms with Gasteiger partial charge in [0.1, 0.15) is 6.04 Å². The van der Waals surface area contributed by atoms with Crippen LogP contribution in [0.25, 0.3) is 0 Å². The Morgan fingerprint density at radius 1 is 1.75 bits per heavy atom. The predicted molar refractivity (Wildman–Crippen MR) is 46.1 cm³/mol. The average Bonchev–Trinajstić information content (AvgIpc) is 1.86. The molecule has 7 heteroatoms. The van der Waals surface area contributed by atoms with Crippen molar-refractivity contribution < 1.29 is 19.0 Å². The maximum Gasteiger partial charge on any atom is 0.320 e.